The van der Waals surface area contributed by atoms with Gasteiger partial charge in [0.05, 0.1) is 18.7 Å². The summed E-state index contributed by atoms with van der Waals surface area (Å²) >= 11 is 0. The van der Waals surface area contributed by atoms with Crippen LogP contribution in [0.3, 0.4) is 0 Å². The summed E-state index contributed by atoms with van der Waals surface area (Å²) in [5, 5.41) is 3.92. The van der Waals surface area contributed by atoms with Gasteiger partial charge in [-0.15, -0.1) is 6.58 Å². The maximum absolute atomic E-state index is 13.6. The van der Waals surface area contributed by atoms with Gasteiger partial charge in [-0.3, -0.25) is 9.59 Å². The van der Waals surface area contributed by atoms with Gasteiger partial charge in [0.1, 0.15) is 22.3 Å². The fourth-order valence-electron chi connectivity index (χ4n) is 5.18. The summed E-state index contributed by atoms with van der Waals surface area (Å²) < 4.78 is 17.3. The Morgan fingerprint density at radius 1 is 1.15 bits per heavy atom. The van der Waals surface area contributed by atoms with Gasteiger partial charge in [-0.25, -0.2) is 9.69 Å². The van der Waals surface area contributed by atoms with E-state index in [-0.39, 0.29) is 18.3 Å². The molecule has 0 spiro atoms. The van der Waals surface area contributed by atoms with E-state index in [1.807, 2.05) is 65.0 Å². The van der Waals surface area contributed by atoms with Crippen molar-refractivity contribution in [2.45, 2.75) is 78.2 Å². The van der Waals surface area contributed by atoms with Gasteiger partial charge in [-0.1, -0.05) is 44.2 Å². The van der Waals surface area contributed by atoms with Crippen molar-refractivity contribution in [2.75, 3.05) is 0 Å². The predicted octanol–water partition coefficient (Wildman–Crippen LogP) is 6.70. The van der Waals surface area contributed by atoms with Crippen LogP contribution in [0.4, 0.5) is 4.79 Å². The maximum atomic E-state index is 13.6. The number of imide groups is 1. The molecule has 2 aromatic carbocycles. The molecule has 1 aliphatic heterocycles. The number of fused-ring (bicyclic) bond motifs is 1. The molecular weight excluding hydrogens is 508 g/mol. The third-order valence-electron chi connectivity index (χ3n) is 7.38. The molecule has 0 aliphatic carbocycles. The fourth-order valence-corrected chi connectivity index (χ4v) is 5.18. The zero-order valence-corrected chi connectivity index (χ0v) is 23.9. The zero-order chi connectivity index (χ0) is 29.1. The van der Waals surface area contributed by atoms with E-state index in [2.05, 4.69) is 11.9 Å². The molecule has 0 unspecified atom stereocenters. The Balaban J connectivity index is 1.59. The molecule has 0 saturated carbocycles. The molecule has 1 fully saturated rings. The first-order chi connectivity index (χ1) is 19.0. The van der Waals surface area contributed by atoms with E-state index in [4.69, 9.17) is 13.9 Å². The lowest BCUT2D eigenvalue weighted by Gasteiger charge is -2.53. The Morgan fingerprint density at radius 3 is 2.55 bits per heavy atom. The number of urea groups is 1. The van der Waals surface area contributed by atoms with Crippen molar-refractivity contribution in [3.8, 4) is 5.75 Å². The summed E-state index contributed by atoms with van der Waals surface area (Å²) in [6, 6.07) is 13.7. The molecule has 2 atom stereocenters. The monoisotopic (exact) mass is 546 g/mol. The molecule has 0 bridgehead atoms. The van der Waals surface area contributed by atoms with Gasteiger partial charge in [0, 0.05) is 10.9 Å². The molecule has 3 amide bonds. The Hall–Kier alpha value is -4.07. The third-order valence-corrected chi connectivity index (χ3v) is 7.38. The summed E-state index contributed by atoms with van der Waals surface area (Å²) in [4.78, 5) is 40.9. The van der Waals surface area contributed by atoms with Crippen molar-refractivity contribution in [3.05, 3.63) is 78.6 Å². The number of furan rings is 1. The average molecular weight is 547 g/mol. The summed E-state index contributed by atoms with van der Waals surface area (Å²) in [7, 11) is 0. The van der Waals surface area contributed by atoms with E-state index in [9.17, 15) is 14.4 Å². The van der Waals surface area contributed by atoms with Gasteiger partial charge in [0.25, 0.3) is 0 Å². The highest BCUT2D eigenvalue weighted by molar-refractivity contribution is 6.03. The number of hydrogen-bond acceptors (Lipinski definition) is 6. The summed E-state index contributed by atoms with van der Waals surface area (Å²) in [6.45, 7) is 13.1. The van der Waals surface area contributed by atoms with Gasteiger partial charge >= 0.3 is 12.0 Å². The number of carbonyl (C=O) groups is 3. The normalized spacial score (nSPS) is 17.2. The highest BCUT2D eigenvalue weighted by atomic mass is 16.6. The number of nitrogens with zero attached hydrogens (tertiary/aromatic N) is 1. The molecule has 4 rings (SSSR count). The van der Waals surface area contributed by atoms with Crippen LogP contribution >= 0.6 is 0 Å². The molecule has 2 heterocycles. The number of esters is 1. The molecule has 40 heavy (non-hydrogen) atoms. The number of hydrogen-bond donors (Lipinski definition) is 1. The number of carbonyl (C=O) groups excluding carboxylic acids is 3. The Kier molecular flexibility index (Phi) is 8.37. The maximum Gasteiger partial charge on any atom is 0.327 e. The minimum atomic E-state index is -0.861. The van der Waals surface area contributed by atoms with Gasteiger partial charge < -0.3 is 19.2 Å². The number of β-lactam (4-membered cyclic amide) rings is 1. The first-order valence-electron chi connectivity index (χ1n) is 13.7. The van der Waals surface area contributed by atoms with Crippen LogP contribution in [0.5, 0.6) is 5.75 Å². The molecule has 3 aromatic rings. The molecule has 1 N–H and O–H groups in total. The first-order valence-corrected chi connectivity index (χ1v) is 13.7. The lowest BCUT2D eigenvalue weighted by Crippen LogP contribution is -2.73. The number of likely N-dealkylation sites (tertiary alicyclic amines) is 1. The van der Waals surface area contributed by atoms with Crippen LogP contribution in [-0.4, -0.2) is 34.6 Å². The van der Waals surface area contributed by atoms with Gasteiger partial charge in [0.15, 0.2) is 6.23 Å². The topological polar surface area (TPSA) is 98.1 Å². The summed E-state index contributed by atoms with van der Waals surface area (Å²) in [5.74, 6) is -0.239. The van der Waals surface area contributed by atoms with E-state index in [1.165, 1.54) is 0 Å². The van der Waals surface area contributed by atoms with Gasteiger partial charge in [0.2, 0.25) is 5.91 Å². The van der Waals surface area contributed by atoms with E-state index in [1.54, 1.807) is 30.5 Å². The Bertz CT molecular complexity index is 1400. The second-order valence-corrected chi connectivity index (χ2v) is 11.1. The van der Waals surface area contributed by atoms with Crippen molar-refractivity contribution in [1.82, 2.24) is 10.2 Å². The standard InChI is InChI=1S/C32H38N2O6/c1-7-12-24(21-15-16-25-23(19-21)17-18-38-25)33-30(37)34-28(36)32(8-2,9-3)29(34)39-26-14-11-10-13-22(26)20-27(35)40-31(4,5)6/h7,10-11,13-19,24,29H,1,8-9,12,20H2,2-6H3,(H,33,37)/t24-,29-/m1/s1. The molecule has 1 aliphatic rings. The SMILES string of the molecule is C=CC[C@@H](NC(=O)N1C(=O)C(CC)(CC)[C@H]1Oc1ccccc1CC(=O)OC(C)(C)C)c1ccc2occc2c1. The molecule has 0 radical (unpaired) electrons. The lowest BCUT2D eigenvalue weighted by atomic mass is 9.72. The van der Waals surface area contributed by atoms with Crippen molar-refractivity contribution in [1.29, 1.82) is 0 Å². The number of amides is 3. The molecule has 8 nitrogen and oxygen atoms in total. The third kappa shape index (κ3) is 5.76. The molecule has 212 valence electrons. The molecule has 1 saturated heterocycles. The van der Waals surface area contributed by atoms with E-state index < -0.39 is 29.3 Å². The van der Waals surface area contributed by atoms with Crippen LogP contribution in [0.15, 0.2) is 71.9 Å². The van der Waals surface area contributed by atoms with Crippen LogP contribution < -0.4 is 10.1 Å². The first kappa shape index (κ1) is 28.9. The number of rotatable bonds is 10. The zero-order valence-electron chi connectivity index (χ0n) is 23.9. The quantitative estimate of drug-likeness (QED) is 0.173. The molecule has 8 heteroatoms. The van der Waals surface area contributed by atoms with Gasteiger partial charge in [-0.2, -0.15) is 0 Å². The second kappa shape index (κ2) is 11.6. The highest BCUT2D eigenvalue weighted by Gasteiger charge is 2.63. The van der Waals surface area contributed by atoms with Crippen LogP contribution in [0.2, 0.25) is 0 Å². The number of benzene rings is 2. The Morgan fingerprint density at radius 2 is 1.88 bits per heavy atom. The largest absolute Gasteiger partial charge is 0.468 e. The van der Waals surface area contributed by atoms with Gasteiger partial charge in [-0.05, 0) is 69.9 Å². The minimum absolute atomic E-state index is 0.00343. The highest BCUT2D eigenvalue weighted by Crippen LogP contribution is 2.46. The van der Waals surface area contributed by atoms with Crippen molar-refractivity contribution in [2.24, 2.45) is 5.41 Å². The second-order valence-electron chi connectivity index (χ2n) is 11.1. The molecular formula is C32H38N2O6. The van der Waals surface area contributed by atoms with Crippen LogP contribution in [0.1, 0.15) is 71.0 Å². The predicted molar refractivity (Wildman–Crippen MR) is 153 cm³/mol. The fraction of sp³-hybridized carbons (Fsp3) is 0.406. The lowest BCUT2D eigenvalue weighted by molar-refractivity contribution is -0.191. The van der Waals surface area contributed by atoms with Crippen molar-refractivity contribution in [3.63, 3.8) is 0 Å². The summed E-state index contributed by atoms with van der Waals surface area (Å²) in [6.07, 6.45) is 3.97. The van der Waals surface area contributed by atoms with Crippen molar-refractivity contribution >= 4 is 28.9 Å². The van der Waals surface area contributed by atoms with E-state index in [0.717, 1.165) is 21.4 Å². The van der Waals surface area contributed by atoms with Crippen molar-refractivity contribution < 1.29 is 28.3 Å². The number of ether oxygens (including phenoxy) is 2. The van der Waals surface area contributed by atoms with Crippen LogP contribution in [-0.2, 0) is 20.7 Å². The number of para-hydroxylation sites is 1. The Labute approximate surface area is 235 Å². The number of nitrogens with one attached hydrogen (secondary N) is 1. The average Bonchev–Trinajstić information content (AvgIpc) is 3.37. The van der Waals surface area contributed by atoms with Crippen LogP contribution in [0, 0.1) is 5.41 Å². The minimum Gasteiger partial charge on any atom is -0.468 e. The smallest absolute Gasteiger partial charge is 0.327 e. The van der Waals surface area contributed by atoms with E-state index in [0.29, 0.717) is 30.6 Å². The van der Waals surface area contributed by atoms with E-state index >= 15 is 0 Å². The summed E-state index contributed by atoms with van der Waals surface area (Å²) in [5.41, 5.74) is 0.758. The molecule has 1 aromatic heterocycles. The van der Waals surface area contributed by atoms with Crippen LogP contribution in [0.25, 0.3) is 11.0 Å².